The fraction of sp³-hybridized carbons (Fsp3) is 0.462. The normalized spacial score (nSPS) is 15.5. The number of piperidine rings is 1. The van der Waals surface area contributed by atoms with Gasteiger partial charge in [0.25, 0.3) is 0 Å². The Bertz CT molecular complexity index is 841. The second-order valence-electron chi connectivity index (χ2n) is 8.43. The van der Waals surface area contributed by atoms with Crippen LogP contribution in [-0.4, -0.2) is 50.1 Å². The van der Waals surface area contributed by atoms with Crippen LogP contribution < -0.4 is 5.32 Å². The Labute approximate surface area is 185 Å². The molecule has 0 bridgehead atoms. The van der Waals surface area contributed by atoms with Gasteiger partial charge in [0.05, 0.1) is 5.41 Å². The van der Waals surface area contributed by atoms with E-state index >= 15 is 0 Å². The molecule has 1 aliphatic rings. The summed E-state index contributed by atoms with van der Waals surface area (Å²) in [6.07, 6.45) is 3.86. The van der Waals surface area contributed by atoms with Crippen molar-refractivity contribution in [2.24, 2.45) is 5.41 Å². The molecule has 1 heterocycles. The van der Waals surface area contributed by atoms with Crippen LogP contribution in [0, 0.1) is 5.41 Å². The van der Waals surface area contributed by atoms with Gasteiger partial charge in [-0.2, -0.15) is 0 Å². The molecule has 2 aromatic rings. The smallest absolute Gasteiger partial charge is 0.248 e. The van der Waals surface area contributed by atoms with E-state index in [9.17, 15) is 9.59 Å². The molecule has 1 saturated heterocycles. The molecule has 166 valence electrons. The molecule has 2 aromatic carbocycles. The molecular weight excluding hydrogens is 388 g/mol. The first-order valence-corrected chi connectivity index (χ1v) is 11.2. The number of rotatable bonds is 9. The van der Waals surface area contributed by atoms with Gasteiger partial charge >= 0.3 is 0 Å². The maximum Gasteiger partial charge on any atom is 0.248 e. The summed E-state index contributed by atoms with van der Waals surface area (Å²) in [6.45, 7) is 4.03. The summed E-state index contributed by atoms with van der Waals surface area (Å²) >= 11 is 0. The number of carbonyl (C=O) groups excluding carboxylic acids is 2. The molecule has 0 radical (unpaired) electrons. The summed E-state index contributed by atoms with van der Waals surface area (Å²) < 4.78 is 4.99. The largest absolute Gasteiger partial charge is 0.375 e. The molecular formula is C26H34N2O3. The Hall–Kier alpha value is -2.66. The van der Waals surface area contributed by atoms with Crippen LogP contribution in [0.1, 0.15) is 36.5 Å². The number of nitrogens with zero attached hydrogens (tertiary/aromatic N) is 1. The number of hydrogen-bond donors (Lipinski definition) is 1. The average Bonchev–Trinajstić information content (AvgIpc) is 2.80. The van der Waals surface area contributed by atoms with Crippen LogP contribution in [0.25, 0.3) is 0 Å². The lowest BCUT2D eigenvalue weighted by Gasteiger charge is -2.41. The Balaban J connectivity index is 1.64. The molecule has 0 saturated carbocycles. The van der Waals surface area contributed by atoms with E-state index < -0.39 is 5.41 Å². The third-order valence-electron chi connectivity index (χ3n) is 6.34. The van der Waals surface area contributed by atoms with E-state index in [0.29, 0.717) is 38.9 Å². The summed E-state index contributed by atoms with van der Waals surface area (Å²) in [5.74, 6) is 0.0899. The van der Waals surface area contributed by atoms with Crippen molar-refractivity contribution in [2.75, 3.05) is 33.4 Å². The first-order valence-electron chi connectivity index (χ1n) is 11.2. The average molecular weight is 423 g/mol. The van der Waals surface area contributed by atoms with Crippen molar-refractivity contribution in [3.63, 3.8) is 0 Å². The lowest BCUT2D eigenvalue weighted by molar-refractivity contribution is -0.142. The minimum atomic E-state index is -0.489. The van der Waals surface area contributed by atoms with Crippen LogP contribution in [0.15, 0.2) is 54.6 Å². The molecule has 1 fully saturated rings. The molecule has 0 atom stereocenters. The highest BCUT2D eigenvalue weighted by Crippen LogP contribution is 2.35. The number of benzene rings is 2. The minimum absolute atomic E-state index is 0.00764. The van der Waals surface area contributed by atoms with Gasteiger partial charge in [-0.15, -0.1) is 0 Å². The van der Waals surface area contributed by atoms with Gasteiger partial charge in [0.2, 0.25) is 11.8 Å². The van der Waals surface area contributed by atoms with Crippen LogP contribution in [-0.2, 0) is 33.6 Å². The second kappa shape index (κ2) is 11.1. The van der Waals surface area contributed by atoms with Crippen LogP contribution in [0.3, 0.4) is 0 Å². The summed E-state index contributed by atoms with van der Waals surface area (Å²) in [5, 5.41) is 3.19. The van der Waals surface area contributed by atoms with E-state index in [1.54, 1.807) is 0 Å². The van der Waals surface area contributed by atoms with Crippen molar-refractivity contribution >= 4 is 11.8 Å². The number of nitrogens with one attached hydrogen (secondary N) is 1. The minimum Gasteiger partial charge on any atom is -0.375 e. The molecule has 5 heteroatoms. The fourth-order valence-corrected chi connectivity index (χ4v) is 4.32. The number of ether oxygens (including phenoxy) is 1. The molecule has 1 N–H and O–H groups in total. The molecule has 0 unspecified atom stereocenters. The van der Waals surface area contributed by atoms with Crippen molar-refractivity contribution in [1.29, 1.82) is 0 Å². The molecule has 1 aliphatic heterocycles. The highest BCUT2D eigenvalue weighted by molar-refractivity contribution is 5.84. The predicted octanol–water partition coefficient (Wildman–Crippen LogP) is 3.41. The molecule has 31 heavy (non-hydrogen) atoms. The van der Waals surface area contributed by atoms with Crippen LogP contribution >= 0.6 is 0 Å². The zero-order chi connectivity index (χ0) is 22.1. The zero-order valence-electron chi connectivity index (χ0n) is 18.7. The van der Waals surface area contributed by atoms with Gasteiger partial charge in [-0.05, 0) is 48.8 Å². The molecule has 0 aliphatic carbocycles. The fourth-order valence-electron chi connectivity index (χ4n) is 4.32. The topological polar surface area (TPSA) is 58.6 Å². The Morgan fingerprint density at radius 3 is 2.23 bits per heavy atom. The molecule has 5 nitrogen and oxygen atoms in total. The summed E-state index contributed by atoms with van der Waals surface area (Å²) in [5.41, 5.74) is 3.22. The summed E-state index contributed by atoms with van der Waals surface area (Å²) in [6, 6.07) is 18.8. The maximum atomic E-state index is 13.4. The molecule has 2 amide bonds. The van der Waals surface area contributed by atoms with Crippen molar-refractivity contribution < 1.29 is 14.3 Å². The summed E-state index contributed by atoms with van der Waals surface area (Å²) in [7, 11) is 1.53. The SMILES string of the molecule is CCc1ccc(CCNC(=O)C2(Cc3ccccc3)CCN(C(=O)COC)CC2)cc1. The van der Waals surface area contributed by atoms with E-state index in [-0.39, 0.29) is 18.4 Å². The molecule has 0 aromatic heterocycles. The van der Waals surface area contributed by atoms with Crippen molar-refractivity contribution in [1.82, 2.24) is 10.2 Å². The van der Waals surface area contributed by atoms with E-state index in [4.69, 9.17) is 4.74 Å². The summed E-state index contributed by atoms with van der Waals surface area (Å²) in [4.78, 5) is 27.4. The van der Waals surface area contributed by atoms with Gasteiger partial charge < -0.3 is 15.0 Å². The molecule has 0 spiro atoms. The van der Waals surface area contributed by atoms with Gasteiger partial charge in [0.1, 0.15) is 6.61 Å². The Kier molecular flexibility index (Phi) is 8.24. The first kappa shape index (κ1) is 23.0. The van der Waals surface area contributed by atoms with Gasteiger partial charge in [-0.1, -0.05) is 61.5 Å². The van der Waals surface area contributed by atoms with Crippen molar-refractivity contribution in [3.05, 3.63) is 71.3 Å². The number of likely N-dealkylation sites (tertiary alicyclic amines) is 1. The Morgan fingerprint density at radius 1 is 0.968 bits per heavy atom. The number of carbonyl (C=O) groups is 2. The monoisotopic (exact) mass is 422 g/mol. The van der Waals surface area contributed by atoms with Gasteiger partial charge in [-0.3, -0.25) is 9.59 Å². The third-order valence-corrected chi connectivity index (χ3v) is 6.34. The van der Waals surface area contributed by atoms with E-state index in [2.05, 4.69) is 48.6 Å². The van der Waals surface area contributed by atoms with E-state index in [1.165, 1.54) is 18.2 Å². The number of amides is 2. The molecule has 3 rings (SSSR count). The second-order valence-corrected chi connectivity index (χ2v) is 8.43. The highest BCUT2D eigenvalue weighted by atomic mass is 16.5. The third kappa shape index (κ3) is 6.17. The number of aryl methyl sites for hydroxylation is 1. The predicted molar refractivity (Wildman–Crippen MR) is 123 cm³/mol. The lowest BCUT2D eigenvalue weighted by atomic mass is 9.73. The van der Waals surface area contributed by atoms with Crippen LogP contribution in [0.5, 0.6) is 0 Å². The van der Waals surface area contributed by atoms with E-state index in [0.717, 1.165) is 18.4 Å². The lowest BCUT2D eigenvalue weighted by Crippen LogP contribution is -2.52. The zero-order valence-corrected chi connectivity index (χ0v) is 18.7. The van der Waals surface area contributed by atoms with Crippen LogP contribution in [0.2, 0.25) is 0 Å². The number of methoxy groups -OCH3 is 1. The van der Waals surface area contributed by atoms with E-state index in [1.807, 2.05) is 23.1 Å². The Morgan fingerprint density at radius 2 is 1.61 bits per heavy atom. The van der Waals surface area contributed by atoms with Gasteiger partial charge in [0, 0.05) is 26.7 Å². The standard InChI is InChI=1S/C26H34N2O3/c1-3-21-9-11-22(12-10-21)13-16-27-25(30)26(19-23-7-5-4-6-8-23)14-17-28(18-15-26)24(29)20-31-2/h4-12H,3,13-20H2,1-2H3,(H,27,30). The number of hydrogen-bond acceptors (Lipinski definition) is 3. The van der Waals surface area contributed by atoms with Crippen molar-refractivity contribution in [2.45, 2.75) is 39.0 Å². The quantitative estimate of drug-likeness (QED) is 0.674. The van der Waals surface area contributed by atoms with Gasteiger partial charge in [-0.25, -0.2) is 0 Å². The van der Waals surface area contributed by atoms with Crippen LogP contribution in [0.4, 0.5) is 0 Å². The maximum absolute atomic E-state index is 13.4. The first-order chi connectivity index (χ1) is 15.1. The van der Waals surface area contributed by atoms with Gasteiger partial charge in [0.15, 0.2) is 0 Å². The van der Waals surface area contributed by atoms with Crippen molar-refractivity contribution in [3.8, 4) is 0 Å². The highest BCUT2D eigenvalue weighted by Gasteiger charge is 2.42.